The zero-order chi connectivity index (χ0) is 15.2. The van der Waals surface area contributed by atoms with Crippen LogP contribution in [0, 0.1) is 5.92 Å². The number of H-pyrrole nitrogens is 1. The molecule has 2 amide bonds. The van der Waals surface area contributed by atoms with Crippen LogP contribution in [-0.4, -0.2) is 64.3 Å². The fourth-order valence-electron chi connectivity index (χ4n) is 2.44. The van der Waals surface area contributed by atoms with E-state index in [0.29, 0.717) is 19.5 Å². The van der Waals surface area contributed by atoms with E-state index in [1.165, 1.54) is 4.90 Å². The number of nitrogens with one attached hydrogen (secondary N) is 2. The Hall–Kier alpha value is -2.09. The molecule has 1 aliphatic rings. The fourth-order valence-corrected chi connectivity index (χ4v) is 2.44. The highest BCUT2D eigenvalue weighted by Crippen LogP contribution is 2.20. The number of aromatic amines is 1. The van der Waals surface area contributed by atoms with Crippen LogP contribution >= 0.6 is 0 Å². The maximum absolute atomic E-state index is 12.2. The van der Waals surface area contributed by atoms with Crippen LogP contribution < -0.4 is 5.32 Å². The number of aromatic nitrogens is 2. The molecule has 2 rings (SSSR count). The largest absolute Gasteiger partial charge is 0.481 e. The summed E-state index contributed by atoms with van der Waals surface area (Å²) in [6.07, 6.45) is 3.98. The quantitative estimate of drug-likeness (QED) is 0.689. The highest BCUT2D eigenvalue weighted by atomic mass is 16.5. The van der Waals surface area contributed by atoms with Crippen LogP contribution in [0.25, 0.3) is 0 Å². The van der Waals surface area contributed by atoms with Gasteiger partial charge in [0.05, 0.1) is 19.3 Å². The lowest BCUT2D eigenvalue weighted by Gasteiger charge is -2.29. The SMILES string of the molecule is CCN(C(=O)NCCc1ncc[nH]1)C1COCC1C(=O)O. The highest BCUT2D eigenvalue weighted by molar-refractivity contribution is 5.77. The standard InChI is InChI=1S/C13H20N4O4/c1-2-17(10-8-21-7-9(10)12(18)19)13(20)16-4-3-11-14-5-6-15-11/h5-6,9-10H,2-4,7-8H2,1H3,(H,14,15)(H,16,20)(H,18,19). The number of hydrogen-bond acceptors (Lipinski definition) is 4. The molecule has 3 N–H and O–H groups in total. The van der Waals surface area contributed by atoms with E-state index in [-0.39, 0.29) is 19.2 Å². The van der Waals surface area contributed by atoms with Crippen molar-refractivity contribution in [3.05, 3.63) is 18.2 Å². The van der Waals surface area contributed by atoms with Crippen molar-refractivity contribution in [2.45, 2.75) is 19.4 Å². The van der Waals surface area contributed by atoms with E-state index < -0.39 is 17.9 Å². The number of ether oxygens (including phenoxy) is 1. The van der Waals surface area contributed by atoms with Crippen molar-refractivity contribution in [1.82, 2.24) is 20.2 Å². The van der Waals surface area contributed by atoms with Crippen molar-refractivity contribution >= 4 is 12.0 Å². The van der Waals surface area contributed by atoms with Gasteiger partial charge in [0.1, 0.15) is 11.7 Å². The molecule has 0 saturated carbocycles. The molecule has 0 radical (unpaired) electrons. The van der Waals surface area contributed by atoms with Gasteiger partial charge in [-0.1, -0.05) is 0 Å². The molecule has 21 heavy (non-hydrogen) atoms. The molecule has 116 valence electrons. The van der Waals surface area contributed by atoms with Gasteiger partial charge in [-0.05, 0) is 6.92 Å². The summed E-state index contributed by atoms with van der Waals surface area (Å²) in [5.74, 6) is -0.800. The van der Waals surface area contributed by atoms with E-state index in [1.54, 1.807) is 12.4 Å². The first-order valence-electron chi connectivity index (χ1n) is 6.96. The van der Waals surface area contributed by atoms with Crippen LogP contribution in [0.5, 0.6) is 0 Å². The number of carboxylic acid groups (broad SMARTS) is 1. The predicted octanol–water partition coefficient (Wildman–Crippen LogP) is 0.0833. The molecule has 0 aliphatic carbocycles. The van der Waals surface area contributed by atoms with Crippen molar-refractivity contribution in [2.75, 3.05) is 26.3 Å². The van der Waals surface area contributed by atoms with E-state index in [4.69, 9.17) is 9.84 Å². The first-order chi connectivity index (χ1) is 10.1. The van der Waals surface area contributed by atoms with Gasteiger partial charge in [0, 0.05) is 31.9 Å². The molecule has 1 aromatic rings. The van der Waals surface area contributed by atoms with Crippen molar-refractivity contribution in [1.29, 1.82) is 0 Å². The summed E-state index contributed by atoms with van der Waals surface area (Å²) in [6.45, 7) is 3.11. The van der Waals surface area contributed by atoms with Gasteiger partial charge in [-0.25, -0.2) is 9.78 Å². The van der Waals surface area contributed by atoms with Gasteiger partial charge in [0.15, 0.2) is 0 Å². The molecule has 1 saturated heterocycles. The van der Waals surface area contributed by atoms with E-state index >= 15 is 0 Å². The third-order valence-corrected chi connectivity index (χ3v) is 3.56. The first kappa shape index (κ1) is 15.3. The van der Waals surface area contributed by atoms with Crippen LogP contribution in [0.1, 0.15) is 12.7 Å². The van der Waals surface area contributed by atoms with Crippen LogP contribution in [0.3, 0.4) is 0 Å². The second kappa shape index (κ2) is 7.07. The third kappa shape index (κ3) is 3.72. The van der Waals surface area contributed by atoms with Gasteiger partial charge < -0.3 is 25.0 Å². The lowest BCUT2D eigenvalue weighted by Crippen LogP contribution is -2.50. The molecule has 2 unspecified atom stereocenters. The van der Waals surface area contributed by atoms with Gasteiger partial charge in [-0.15, -0.1) is 0 Å². The summed E-state index contributed by atoms with van der Waals surface area (Å²) in [4.78, 5) is 31.9. The highest BCUT2D eigenvalue weighted by Gasteiger charge is 2.39. The summed E-state index contributed by atoms with van der Waals surface area (Å²) >= 11 is 0. The molecule has 0 spiro atoms. The Morgan fingerprint density at radius 2 is 2.38 bits per heavy atom. The number of hydrogen-bond donors (Lipinski definition) is 3. The Morgan fingerprint density at radius 3 is 3.00 bits per heavy atom. The third-order valence-electron chi connectivity index (χ3n) is 3.56. The minimum atomic E-state index is -0.931. The molecule has 2 atom stereocenters. The smallest absolute Gasteiger partial charge is 0.317 e. The van der Waals surface area contributed by atoms with Crippen molar-refractivity contribution in [3.8, 4) is 0 Å². The molecule has 1 fully saturated rings. The van der Waals surface area contributed by atoms with Gasteiger partial charge >= 0.3 is 12.0 Å². The molecular formula is C13H20N4O4. The average Bonchev–Trinajstić information content (AvgIpc) is 3.10. The molecule has 8 heteroatoms. The number of aliphatic carboxylic acids is 1. The Bertz CT molecular complexity index is 477. The Kier molecular flexibility index (Phi) is 5.15. The van der Waals surface area contributed by atoms with Crippen LogP contribution in [0.2, 0.25) is 0 Å². The maximum Gasteiger partial charge on any atom is 0.317 e. The normalized spacial score (nSPS) is 21.2. The predicted molar refractivity (Wildman–Crippen MR) is 73.8 cm³/mol. The second-order valence-corrected chi connectivity index (χ2v) is 4.85. The maximum atomic E-state index is 12.2. The zero-order valence-corrected chi connectivity index (χ0v) is 11.9. The Balaban J connectivity index is 1.87. The van der Waals surface area contributed by atoms with E-state index in [1.807, 2.05) is 6.92 Å². The fraction of sp³-hybridized carbons (Fsp3) is 0.615. The summed E-state index contributed by atoms with van der Waals surface area (Å²) in [5, 5.41) is 11.9. The lowest BCUT2D eigenvalue weighted by atomic mass is 10.0. The Labute approximate surface area is 122 Å². The summed E-state index contributed by atoms with van der Waals surface area (Å²) in [7, 11) is 0. The number of rotatable bonds is 6. The number of amides is 2. The molecule has 1 aromatic heterocycles. The summed E-state index contributed by atoms with van der Waals surface area (Å²) < 4.78 is 5.21. The minimum Gasteiger partial charge on any atom is -0.481 e. The average molecular weight is 296 g/mol. The van der Waals surface area contributed by atoms with Crippen molar-refractivity contribution in [3.63, 3.8) is 0 Å². The van der Waals surface area contributed by atoms with Gasteiger partial charge in [-0.3, -0.25) is 4.79 Å². The number of imidazole rings is 1. The molecule has 8 nitrogen and oxygen atoms in total. The van der Waals surface area contributed by atoms with Crippen LogP contribution in [-0.2, 0) is 16.0 Å². The summed E-state index contributed by atoms with van der Waals surface area (Å²) in [6, 6.07) is -0.693. The zero-order valence-electron chi connectivity index (χ0n) is 11.9. The Morgan fingerprint density at radius 1 is 1.57 bits per heavy atom. The van der Waals surface area contributed by atoms with Gasteiger partial charge in [0.2, 0.25) is 0 Å². The van der Waals surface area contributed by atoms with Crippen molar-refractivity contribution < 1.29 is 19.4 Å². The molecule has 2 heterocycles. The van der Waals surface area contributed by atoms with Crippen LogP contribution in [0.4, 0.5) is 4.79 Å². The number of carbonyl (C=O) groups excluding carboxylic acids is 1. The monoisotopic (exact) mass is 296 g/mol. The molecule has 0 aromatic carbocycles. The number of carbonyl (C=O) groups is 2. The molecule has 0 bridgehead atoms. The first-order valence-corrected chi connectivity index (χ1v) is 6.96. The number of carboxylic acids is 1. The van der Waals surface area contributed by atoms with E-state index in [0.717, 1.165) is 5.82 Å². The van der Waals surface area contributed by atoms with Crippen molar-refractivity contribution in [2.24, 2.45) is 5.92 Å². The molecule has 1 aliphatic heterocycles. The van der Waals surface area contributed by atoms with E-state index in [9.17, 15) is 9.59 Å². The number of urea groups is 1. The number of nitrogens with zero attached hydrogens (tertiary/aromatic N) is 2. The van der Waals surface area contributed by atoms with E-state index in [2.05, 4.69) is 15.3 Å². The van der Waals surface area contributed by atoms with Gasteiger partial charge in [-0.2, -0.15) is 0 Å². The van der Waals surface area contributed by atoms with Crippen LogP contribution in [0.15, 0.2) is 12.4 Å². The van der Waals surface area contributed by atoms with Gasteiger partial charge in [0.25, 0.3) is 0 Å². The second-order valence-electron chi connectivity index (χ2n) is 4.85. The molecular weight excluding hydrogens is 276 g/mol. The lowest BCUT2D eigenvalue weighted by molar-refractivity contribution is -0.142. The number of likely N-dealkylation sites (N-methyl/N-ethyl adjacent to an activating group) is 1. The summed E-state index contributed by atoms with van der Waals surface area (Å²) in [5.41, 5.74) is 0. The topological polar surface area (TPSA) is 108 Å². The minimum absolute atomic E-state index is 0.149.